The van der Waals surface area contributed by atoms with Gasteiger partial charge in [0.1, 0.15) is 17.1 Å². The van der Waals surface area contributed by atoms with Crippen molar-refractivity contribution < 1.29 is 14.3 Å². The molecule has 2 aliphatic rings. The predicted octanol–water partition coefficient (Wildman–Crippen LogP) is 3.66. The summed E-state index contributed by atoms with van der Waals surface area (Å²) in [4.78, 5) is 12.4. The van der Waals surface area contributed by atoms with E-state index in [-0.39, 0.29) is 23.5 Å². The van der Waals surface area contributed by atoms with Gasteiger partial charge in [-0.2, -0.15) is 0 Å². The van der Waals surface area contributed by atoms with Gasteiger partial charge in [-0.05, 0) is 30.1 Å². The molecule has 24 heavy (non-hydrogen) atoms. The summed E-state index contributed by atoms with van der Waals surface area (Å²) < 4.78 is 11.1. The Balaban J connectivity index is 2.16. The van der Waals surface area contributed by atoms with E-state index >= 15 is 0 Å². The topological polar surface area (TPSA) is 59.7 Å². The lowest BCUT2D eigenvalue weighted by molar-refractivity contribution is 0.0540. The van der Waals surface area contributed by atoms with E-state index in [1.165, 1.54) is 26.4 Å². The minimum Gasteiger partial charge on any atom is -0.496 e. The Morgan fingerprint density at radius 1 is 1.33 bits per heavy atom. The fraction of sp³-hybridized carbons (Fsp3) is 0.650. The highest BCUT2D eigenvalue weighted by atomic mass is 16.5. The molecule has 1 saturated carbocycles. The normalized spacial score (nSPS) is 35.5. The fourth-order valence-electron chi connectivity index (χ4n) is 5.00. The molecule has 2 aliphatic carbocycles. The molecule has 4 nitrogen and oxygen atoms in total. The summed E-state index contributed by atoms with van der Waals surface area (Å²) in [6.45, 7) is 6.36. The third-order valence-electron chi connectivity index (χ3n) is 6.47. The monoisotopic (exact) mass is 332 g/mol. The van der Waals surface area contributed by atoms with Crippen LogP contribution in [0.15, 0.2) is 27.4 Å². The number of aliphatic hydroxyl groups is 1. The Labute approximate surface area is 143 Å². The lowest BCUT2D eigenvalue weighted by atomic mass is 9.53. The van der Waals surface area contributed by atoms with Crippen LogP contribution in [0.25, 0.3) is 0 Å². The summed E-state index contributed by atoms with van der Waals surface area (Å²) >= 11 is 0. The van der Waals surface area contributed by atoms with Gasteiger partial charge in [-0.25, -0.2) is 4.79 Å². The van der Waals surface area contributed by atoms with Gasteiger partial charge in [0.15, 0.2) is 0 Å². The Bertz CT molecular complexity index is 689. The molecule has 0 spiro atoms. The summed E-state index contributed by atoms with van der Waals surface area (Å²) in [5.41, 5.74) is -0.549. The van der Waals surface area contributed by atoms with Crippen LogP contribution in [0.3, 0.4) is 0 Å². The number of fused-ring (bicyclic) bond motifs is 1. The first-order valence-electron chi connectivity index (χ1n) is 8.94. The fourth-order valence-corrected chi connectivity index (χ4v) is 5.00. The van der Waals surface area contributed by atoms with E-state index in [1.54, 1.807) is 0 Å². The zero-order valence-corrected chi connectivity index (χ0v) is 15.0. The molecule has 1 fully saturated rings. The smallest absolute Gasteiger partial charge is 0.345 e. The predicted molar refractivity (Wildman–Crippen MR) is 93.1 cm³/mol. The number of hydrogen-bond donors (Lipinski definition) is 1. The Morgan fingerprint density at radius 3 is 2.75 bits per heavy atom. The highest BCUT2D eigenvalue weighted by Crippen LogP contribution is 2.54. The Morgan fingerprint density at radius 2 is 2.08 bits per heavy atom. The zero-order chi connectivity index (χ0) is 17.5. The van der Waals surface area contributed by atoms with Crippen LogP contribution in [0.4, 0.5) is 0 Å². The second-order valence-corrected chi connectivity index (χ2v) is 7.66. The molecule has 1 aromatic heterocycles. The second-order valence-electron chi connectivity index (χ2n) is 7.66. The molecule has 0 unspecified atom stereocenters. The van der Waals surface area contributed by atoms with Crippen LogP contribution in [0, 0.1) is 23.7 Å². The molecule has 4 heteroatoms. The van der Waals surface area contributed by atoms with Gasteiger partial charge < -0.3 is 14.3 Å². The lowest BCUT2D eigenvalue weighted by Crippen LogP contribution is -2.48. The van der Waals surface area contributed by atoms with Crippen molar-refractivity contribution in [3.8, 4) is 5.75 Å². The molecule has 0 bridgehead atoms. The van der Waals surface area contributed by atoms with Gasteiger partial charge in [0.25, 0.3) is 0 Å². The van der Waals surface area contributed by atoms with Crippen molar-refractivity contribution in [2.75, 3.05) is 7.11 Å². The van der Waals surface area contributed by atoms with E-state index in [2.05, 4.69) is 32.9 Å². The minimum absolute atomic E-state index is 0.192. The van der Waals surface area contributed by atoms with Crippen LogP contribution in [0.5, 0.6) is 5.75 Å². The molecule has 0 aliphatic heterocycles. The molecular formula is C20H28O4. The summed E-state index contributed by atoms with van der Waals surface area (Å²) in [6.07, 6.45) is 8.31. The van der Waals surface area contributed by atoms with Gasteiger partial charge in [-0.1, -0.05) is 45.8 Å². The first-order chi connectivity index (χ1) is 11.4. The van der Waals surface area contributed by atoms with Gasteiger partial charge in [0.05, 0.1) is 13.7 Å². The van der Waals surface area contributed by atoms with Crippen LogP contribution in [-0.2, 0) is 12.0 Å². The van der Waals surface area contributed by atoms with E-state index in [0.29, 0.717) is 29.3 Å². The summed E-state index contributed by atoms with van der Waals surface area (Å²) in [5.74, 6) is 2.93. The number of allylic oxidation sites excluding steroid dienone is 2. The van der Waals surface area contributed by atoms with Crippen LogP contribution in [-0.4, -0.2) is 12.2 Å². The van der Waals surface area contributed by atoms with Crippen LogP contribution in [0.2, 0.25) is 0 Å². The average molecular weight is 332 g/mol. The Hall–Kier alpha value is -1.55. The number of aliphatic hydroxyl groups excluding tert-OH is 1. The molecule has 5 atom stereocenters. The first-order valence-corrected chi connectivity index (χ1v) is 8.94. The molecule has 3 rings (SSSR count). The molecule has 0 saturated heterocycles. The molecule has 0 radical (unpaired) electrons. The number of methoxy groups -OCH3 is 1. The third-order valence-corrected chi connectivity index (χ3v) is 6.47. The molecule has 0 amide bonds. The van der Waals surface area contributed by atoms with Crippen LogP contribution >= 0.6 is 0 Å². The van der Waals surface area contributed by atoms with Crippen molar-refractivity contribution in [3.63, 3.8) is 0 Å². The van der Waals surface area contributed by atoms with E-state index in [1.807, 2.05) is 6.07 Å². The van der Waals surface area contributed by atoms with Gasteiger partial charge in [0.2, 0.25) is 0 Å². The van der Waals surface area contributed by atoms with E-state index in [4.69, 9.17) is 9.15 Å². The highest BCUT2D eigenvalue weighted by Gasteiger charge is 2.50. The number of hydrogen-bond acceptors (Lipinski definition) is 4. The van der Waals surface area contributed by atoms with Gasteiger partial charge >= 0.3 is 5.63 Å². The van der Waals surface area contributed by atoms with E-state index in [9.17, 15) is 9.90 Å². The van der Waals surface area contributed by atoms with Crippen molar-refractivity contribution in [1.29, 1.82) is 0 Å². The van der Waals surface area contributed by atoms with Crippen molar-refractivity contribution >= 4 is 0 Å². The van der Waals surface area contributed by atoms with Crippen LogP contribution in [0.1, 0.15) is 51.4 Å². The van der Waals surface area contributed by atoms with Gasteiger partial charge in [0, 0.05) is 11.5 Å². The maximum Gasteiger partial charge on any atom is 0.345 e. The standard InChI is InChI=1S/C20H28O4/c1-12-6-5-7-14-9-8-13(2)20(3,18(12)14)17-10-16(23-4)15(11-21)19(22)24-17/h8-10,12-14,18,21H,5-7,11H2,1-4H3/t12-,13+,14-,18+,20-/m0/s1. The lowest BCUT2D eigenvalue weighted by Gasteiger charge is -2.51. The minimum atomic E-state index is -0.491. The van der Waals surface area contributed by atoms with Crippen molar-refractivity contribution in [1.82, 2.24) is 0 Å². The maximum absolute atomic E-state index is 12.4. The van der Waals surface area contributed by atoms with E-state index in [0.717, 1.165) is 0 Å². The molecular weight excluding hydrogens is 304 g/mol. The number of ether oxygens (including phenoxy) is 1. The van der Waals surface area contributed by atoms with Gasteiger partial charge in [-0.15, -0.1) is 0 Å². The third kappa shape index (κ3) is 2.52. The largest absolute Gasteiger partial charge is 0.496 e. The van der Waals surface area contributed by atoms with E-state index < -0.39 is 5.63 Å². The van der Waals surface area contributed by atoms with Crippen LogP contribution < -0.4 is 10.4 Å². The molecule has 132 valence electrons. The van der Waals surface area contributed by atoms with Crippen molar-refractivity contribution in [2.24, 2.45) is 23.7 Å². The summed E-state index contributed by atoms with van der Waals surface area (Å²) in [6, 6.07) is 1.82. The SMILES string of the molecule is COc1cc([C@@]2(C)[C@H]3[C@H](C=C[C@H]2C)CCC[C@@H]3C)oc(=O)c1CO. The Kier molecular flexibility index (Phi) is 4.60. The summed E-state index contributed by atoms with van der Waals surface area (Å²) in [5, 5.41) is 9.43. The second kappa shape index (κ2) is 6.40. The van der Waals surface area contributed by atoms with Gasteiger partial charge in [-0.3, -0.25) is 0 Å². The molecule has 0 aromatic carbocycles. The maximum atomic E-state index is 12.4. The molecule has 1 aromatic rings. The summed E-state index contributed by atoms with van der Waals surface area (Å²) in [7, 11) is 1.52. The average Bonchev–Trinajstić information content (AvgIpc) is 2.57. The highest BCUT2D eigenvalue weighted by molar-refractivity contribution is 5.35. The quantitative estimate of drug-likeness (QED) is 0.858. The number of rotatable bonds is 3. The first kappa shape index (κ1) is 17.3. The van der Waals surface area contributed by atoms with Crippen molar-refractivity contribution in [3.05, 3.63) is 40.0 Å². The van der Waals surface area contributed by atoms with Crippen molar-refractivity contribution in [2.45, 2.75) is 52.1 Å². The zero-order valence-electron chi connectivity index (χ0n) is 15.0. The molecule has 1 heterocycles. The molecule has 1 N–H and O–H groups in total.